The van der Waals surface area contributed by atoms with Crippen LogP contribution in [-0.2, 0) is 0 Å². The highest BCUT2D eigenvalue weighted by atomic mass is 32.2. The van der Waals surface area contributed by atoms with Crippen LogP contribution >= 0.6 is 11.9 Å². The lowest BCUT2D eigenvalue weighted by molar-refractivity contribution is 1.18. The van der Waals surface area contributed by atoms with E-state index in [4.69, 9.17) is 0 Å². The number of benzene rings is 7. The molecule has 9 aromatic rings. The van der Waals surface area contributed by atoms with Gasteiger partial charge < -0.3 is 4.57 Å². The van der Waals surface area contributed by atoms with Crippen LogP contribution in [0.4, 0.5) is 0 Å². The van der Waals surface area contributed by atoms with Gasteiger partial charge in [0.05, 0.1) is 22.1 Å². The molecule has 0 saturated heterocycles. The first-order valence-electron chi connectivity index (χ1n) is 15.7. The molecule has 0 spiro atoms. The number of rotatable bonds is 5. The molecule has 46 heavy (non-hydrogen) atoms. The van der Waals surface area contributed by atoms with Crippen molar-refractivity contribution >= 4 is 55.6 Å². The van der Waals surface area contributed by atoms with Crippen LogP contribution in [-0.4, -0.2) is 8.54 Å². The van der Waals surface area contributed by atoms with Crippen LogP contribution in [0.15, 0.2) is 169 Å². The lowest BCUT2D eigenvalue weighted by Crippen LogP contribution is -1.94. The van der Waals surface area contributed by atoms with Crippen molar-refractivity contribution < 1.29 is 0 Å². The molecule has 0 saturated carbocycles. The summed E-state index contributed by atoms with van der Waals surface area (Å²) in [5.74, 6) is 0. The Labute approximate surface area is 272 Å². The second-order valence-corrected chi connectivity index (χ2v) is 13.0. The minimum absolute atomic E-state index is 1.16. The average Bonchev–Trinajstić information content (AvgIpc) is 3.61. The molecule has 0 atom stereocenters. The third-order valence-electron chi connectivity index (χ3n) is 9.07. The summed E-state index contributed by atoms with van der Waals surface area (Å²) in [5.41, 5.74) is 12.2. The van der Waals surface area contributed by atoms with Crippen LogP contribution in [0.25, 0.3) is 71.6 Å². The van der Waals surface area contributed by atoms with Gasteiger partial charge in [0.15, 0.2) is 0 Å². The Balaban J connectivity index is 1.28. The van der Waals surface area contributed by atoms with E-state index in [-0.39, 0.29) is 0 Å². The Morgan fingerprint density at radius 1 is 0.391 bits per heavy atom. The molecule has 0 amide bonds. The molecule has 0 radical (unpaired) electrons. The van der Waals surface area contributed by atoms with Crippen LogP contribution < -0.4 is 0 Å². The number of para-hydroxylation sites is 1. The SMILES string of the molecule is Cc1ccc(Sn2c3ccccc3c3cc(-n4c5ccc(-c6ccccc6)cc5c5cc(-c6ccccc6)ccc54)ccc32)cc1. The van der Waals surface area contributed by atoms with Crippen molar-refractivity contribution in [3.8, 4) is 27.9 Å². The summed E-state index contributed by atoms with van der Waals surface area (Å²) in [5, 5.41) is 5.03. The number of fused-ring (bicyclic) bond motifs is 6. The molecule has 0 unspecified atom stereocenters. The van der Waals surface area contributed by atoms with Gasteiger partial charge in [0.1, 0.15) is 0 Å². The molecule has 0 N–H and O–H groups in total. The van der Waals surface area contributed by atoms with Gasteiger partial charge in [-0.25, -0.2) is 0 Å². The largest absolute Gasteiger partial charge is 0.309 e. The summed E-state index contributed by atoms with van der Waals surface area (Å²) >= 11 is 1.78. The summed E-state index contributed by atoms with van der Waals surface area (Å²) in [4.78, 5) is 1.23. The second-order valence-electron chi connectivity index (χ2n) is 11.9. The fourth-order valence-corrected chi connectivity index (χ4v) is 7.77. The Morgan fingerprint density at radius 3 is 1.54 bits per heavy atom. The minimum atomic E-state index is 1.16. The number of nitrogens with zero attached hydrogens (tertiary/aromatic N) is 2. The maximum Gasteiger partial charge on any atom is 0.0609 e. The molecule has 9 rings (SSSR count). The molecule has 0 aliphatic heterocycles. The van der Waals surface area contributed by atoms with Crippen molar-refractivity contribution in [1.29, 1.82) is 0 Å². The summed E-state index contributed by atoms with van der Waals surface area (Å²) in [6, 6.07) is 59.7. The van der Waals surface area contributed by atoms with Crippen LogP contribution in [0.1, 0.15) is 5.56 Å². The molecule has 0 aliphatic carbocycles. The molecule has 2 heterocycles. The van der Waals surface area contributed by atoms with E-state index in [1.54, 1.807) is 11.9 Å². The molecule has 7 aromatic carbocycles. The summed E-state index contributed by atoms with van der Waals surface area (Å²) in [7, 11) is 0. The predicted molar refractivity (Wildman–Crippen MR) is 197 cm³/mol. The Kier molecular flexibility index (Phi) is 6.32. The third-order valence-corrected chi connectivity index (χ3v) is 10.1. The van der Waals surface area contributed by atoms with Gasteiger partial charge in [-0.2, -0.15) is 0 Å². The van der Waals surface area contributed by atoms with E-state index >= 15 is 0 Å². The smallest absolute Gasteiger partial charge is 0.0609 e. The third kappa shape index (κ3) is 4.43. The van der Waals surface area contributed by atoms with Crippen molar-refractivity contribution in [2.75, 3.05) is 0 Å². The van der Waals surface area contributed by atoms with Gasteiger partial charge in [0, 0.05) is 32.1 Å². The van der Waals surface area contributed by atoms with Gasteiger partial charge in [-0.3, -0.25) is 3.97 Å². The standard InChI is InChI=1S/C43H30N2S/c1-29-16-21-35(22-17-29)46-45-42-15-9-8-14-36(42)39-28-34(20-25-43(39)45)44-40-23-18-32(30-10-4-2-5-11-30)26-37(40)38-27-33(19-24-41(38)44)31-12-6-3-7-13-31/h2-28H,1H3. The van der Waals surface area contributed by atoms with E-state index in [9.17, 15) is 0 Å². The zero-order chi connectivity index (χ0) is 30.6. The zero-order valence-electron chi connectivity index (χ0n) is 25.4. The average molecular weight is 607 g/mol. The van der Waals surface area contributed by atoms with Gasteiger partial charge in [-0.1, -0.05) is 109 Å². The van der Waals surface area contributed by atoms with Crippen LogP contribution in [0, 0.1) is 6.92 Å². The van der Waals surface area contributed by atoms with E-state index < -0.39 is 0 Å². The molecule has 0 aliphatic rings. The summed E-state index contributed by atoms with van der Waals surface area (Å²) in [6.07, 6.45) is 0. The second kappa shape index (κ2) is 10.8. The number of hydrogen-bond donors (Lipinski definition) is 0. The van der Waals surface area contributed by atoms with Crippen molar-refractivity contribution in [2.45, 2.75) is 11.8 Å². The molecule has 3 heteroatoms. The monoisotopic (exact) mass is 606 g/mol. The zero-order valence-corrected chi connectivity index (χ0v) is 26.2. The number of hydrogen-bond acceptors (Lipinski definition) is 1. The van der Waals surface area contributed by atoms with Crippen molar-refractivity contribution in [2.24, 2.45) is 0 Å². The lowest BCUT2D eigenvalue weighted by Gasteiger charge is -2.10. The summed E-state index contributed by atoms with van der Waals surface area (Å²) in [6.45, 7) is 2.13. The van der Waals surface area contributed by atoms with Crippen molar-refractivity contribution in [3.05, 3.63) is 169 Å². The van der Waals surface area contributed by atoms with E-state index in [1.165, 1.54) is 76.3 Å². The highest BCUT2D eigenvalue weighted by Gasteiger charge is 2.17. The highest BCUT2D eigenvalue weighted by molar-refractivity contribution is 7.98. The van der Waals surface area contributed by atoms with Crippen molar-refractivity contribution in [3.63, 3.8) is 0 Å². The normalized spacial score (nSPS) is 11.7. The molecular weight excluding hydrogens is 577 g/mol. The van der Waals surface area contributed by atoms with Gasteiger partial charge in [0.2, 0.25) is 0 Å². The molecular formula is C43H30N2S. The van der Waals surface area contributed by atoms with Crippen molar-refractivity contribution in [1.82, 2.24) is 8.54 Å². The van der Waals surface area contributed by atoms with Gasteiger partial charge in [-0.05, 0) is 102 Å². The van der Waals surface area contributed by atoms with E-state index in [0.29, 0.717) is 0 Å². The minimum Gasteiger partial charge on any atom is -0.309 e. The van der Waals surface area contributed by atoms with Gasteiger partial charge in [0.25, 0.3) is 0 Å². The first-order valence-corrected chi connectivity index (χ1v) is 16.5. The first-order chi connectivity index (χ1) is 22.7. The molecule has 218 valence electrons. The highest BCUT2D eigenvalue weighted by Crippen LogP contribution is 2.40. The quantitative estimate of drug-likeness (QED) is 0.189. The Bertz CT molecular complexity index is 2440. The number of aromatic nitrogens is 2. The fourth-order valence-electron chi connectivity index (χ4n) is 6.79. The predicted octanol–water partition coefficient (Wildman–Crippen LogP) is 12.1. The molecule has 0 fully saturated rings. The fraction of sp³-hybridized carbons (Fsp3) is 0.0233. The van der Waals surface area contributed by atoms with Crippen LogP contribution in [0.2, 0.25) is 0 Å². The number of aryl methyl sites for hydroxylation is 1. The van der Waals surface area contributed by atoms with E-state index in [0.717, 1.165) is 5.69 Å². The van der Waals surface area contributed by atoms with E-state index in [2.05, 4.69) is 179 Å². The maximum atomic E-state index is 2.44. The first kappa shape index (κ1) is 26.9. The molecule has 2 aromatic heterocycles. The van der Waals surface area contributed by atoms with E-state index in [1.807, 2.05) is 0 Å². The summed E-state index contributed by atoms with van der Waals surface area (Å²) < 4.78 is 4.82. The Hall–Kier alpha value is -5.51. The van der Waals surface area contributed by atoms with Crippen LogP contribution in [0.3, 0.4) is 0 Å². The van der Waals surface area contributed by atoms with Crippen LogP contribution in [0.5, 0.6) is 0 Å². The Morgan fingerprint density at radius 2 is 0.913 bits per heavy atom. The van der Waals surface area contributed by atoms with Gasteiger partial charge >= 0.3 is 0 Å². The lowest BCUT2D eigenvalue weighted by atomic mass is 10.0. The molecule has 2 nitrogen and oxygen atoms in total. The molecule has 0 bridgehead atoms. The van der Waals surface area contributed by atoms with Gasteiger partial charge in [-0.15, -0.1) is 0 Å². The topological polar surface area (TPSA) is 9.86 Å². The maximum absolute atomic E-state index is 2.44.